The van der Waals surface area contributed by atoms with Crippen molar-refractivity contribution in [2.75, 3.05) is 29.9 Å². The van der Waals surface area contributed by atoms with Gasteiger partial charge in [-0.3, -0.25) is 0 Å². The van der Waals surface area contributed by atoms with E-state index in [4.69, 9.17) is 0 Å². The van der Waals surface area contributed by atoms with Gasteiger partial charge in [0.1, 0.15) is 0 Å². The summed E-state index contributed by atoms with van der Waals surface area (Å²) in [5, 5.41) is 15.1. The Hall–Kier alpha value is -3.29. The van der Waals surface area contributed by atoms with E-state index in [9.17, 15) is 4.79 Å². The Morgan fingerprint density at radius 2 is 2.07 bits per heavy atom. The SMILES string of the molecule is Cc1cc2c(NC(=O)NC[C@H]3CCCN(c4ncccn4)C3)cccc2nn1. The molecule has 1 saturated heterocycles. The van der Waals surface area contributed by atoms with Gasteiger partial charge in [0, 0.05) is 37.4 Å². The molecule has 8 heteroatoms. The topological polar surface area (TPSA) is 95.9 Å². The highest BCUT2D eigenvalue weighted by molar-refractivity contribution is 6.00. The van der Waals surface area contributed by atoms with Gasteiger partial charge in [0.05, 0.1) is 16.9 Å². The van der Waals surface area contributed by atoms with E-state index >= 15 is 0 Å². The molecule has 8 nitrogen and oxygen atoms in total. The lowest BCUT2D eigenvalue weighted by Crippen LogP contribution is -2.42. The van der Waals surface area contributed by atoms with Crippen LogP contribution in [0.15, 0.2) is 42.7 Å². The molecule has 1 atom stereocenters. The molecule has 1 aliphatic rings. The Bertz CT molecular complexity index is 963. The normalized spacial score (nSPS) is 16.8. The summed E-state index contributed by atoms with van der Waals surface area (Å²) in [6, 6.07) is 9.15. The third-order valence-corrected chi connectivity index (χ3v) is 4.91. The van der Waals surface area contributed by atoms with Crippen molar-refractivity contribution >= 4 is 28.6 Å². The Kier molecular flexibility index (Phi) is 5.27. The van der Waals surface area contributed by atoms with Gasteiger partial charge in [0.2, 0.25) is 5.95 Å². The number of benzene rings is 1. The molecule has 0 bridgehead atoms. The van der Waals surface area contributed by atoms with Gasteiger partial charge < -0.3 is 15.5 Å². The third-order valence-electron chi connectivity index (χ3n) is 4.91. The average molecular weight is 377 g/mol. The van der Waals surface area contributed by atoms with Crippen molar-refractivity contribution in [3.8, 4) is 0 Å². The number of urea groups is 1. The number of aryl methyl sites for hydroxylation is 1. The van der Waals surface area contributed by atoms with Gasteiger partial charge in [0.15, 0.2) is 0 Å². The minimum atomic E-state index is -0.213. The van der Waals surface area contributed by atoms with E-state index in [1.165, 1.54) is 0 Å². The summed E-state index contributed by atoms with van der Waals surface area (Å²) in [4.78, 5) is 23.3. The van der Waals surface area contributed by atoms with Crippen molar-refractivity contribution in [1.29, 1.82) is 0 Å². The maximum absolute atomic E-state index is 12.4. The van der Waals surface area contributed by atoms with E-state index in [-0.39, 0.29) is 6.03 Å². The number of fused-ring (bicyclic) bond motifs is 1. The Morgan fingerprint density at radius 1 is 1.21 bits per heavy atom. The van der Waals surface area contributed by atoms with Crippen molar-refractivity contribution in [1.82, 2.24) is 25.5 Å². The molecule has 4 rings (SSSR count). The minimum absolute atomic E-state index is 0.213. The lowest BCUT2D eigenvalue weighted by molar-refractivity contribution is 0.249. The van der Waals surface area contributed by atoms with Crippen LogP contribution in [0.3, 0.4) is 0 Å². The number of hydrogen-bond donors (Lipinski definition) is 2. The van der Waals surface area contributed by atoms with Crippen LogP contribution in [0.25, 0.3) is 10.9 Å². The number of carbonyl (C=O) groups is 1. The van der Waals surface area contributed by atoms with Crippen molar-refractivity contribution < 1.29 is 4.79 Å². The summed E-state index contributed by atoms with van der Waals surface area (Å²) in [6.45, 7) is 4.28. The number of nitrogens with one attached hydrogen (secondary N) is 2. The number of piperidine rings is 1. The molecule has 1 aromatic carbocycles. The van der Waals surface area contributed by atoms with E-state index < -0.39 is 0 Å². The summed E-state index contributed by atoms with van der Waals surface area (Å²) < 4.78 is 0. The molecule has 2 N–H and O–H groups in total. The molecule has 1 aliphatic heterocycles. The molecule has 3 heterocycles. The molecule has 2 amide bonds. The number of nitrogens with zero attached hydrogens (tertiary/aromatic N) is 5. The fraction of sp³-hybridized carbons (Fsp3) is 0.350. The van der Waals surface area contributed by atoms with E-state index in [1.54, 1.807) is 12.4 Å². The summed E-state index contributed by atoms with van der Waals surface area (Å²) in [7, 11) is 0. The van der Waals surface area contributed by atoms with Crippen LogP contribution in [0.5, 0.6) is 0 Å². The number of aromatic nitrogens is 4. The van der Waals surface area contributed by atoms with Crippen molar-refractivity contribution in [3.63, 3.8) is 0 Å². The molecule has 0 aliphatic carbocycles. The van der Waals surface area contributed by atoms with Crippen molar-refractivity contribution in [2.45, 2.75) is 19.8 Å². The number of hydrogen-bond acceptors (Lipinski definition) is 6. The van der Waals surface area contributed by atoms with Crippen LogP contribution in [-0.2, 0) is 0 Å². The van der Waals surface area contributed by atoms with E-state index in [0.29, 0.717) is 12.5 Å². The summed E-state index contributed by atoms with van der Waals surface area (Å²) in [5.41, 5.74) is 2.30. The Labute approximate surface area is 163 Å². The molecule has 0 unspecified atom stereocenters. The Morgan fingerprint density at radius 3 is 2.93 bits per heavy atom. The molecule has 2 aromatic heterocycles. The van der Waals surface area contributed by atoms with Crippen LogP contribution in [-0.4, -0.2) is 45.8 Å². The molecule has 144 valence electrons. The smallest absolute Gasteiger partial charge is 0.319 e. The van der Waals surface area contributed by atoms with Gasteiger partial charge in [-0.1, -0.05) is 6.07 Å². The van der Waals surface area contributed by atoms with E-state index in [2.05, 4.69) is 35.7 Å². The zero-order valence-corrected chi connectivity index (χ0v) is 15.8. The first-order valence-electron chi connectivity index (χ1n) is 9.49. The van der Waals surface area contributed by atoms with Crippen LogP contribution < -0.4 is 15.5 Å². The fourth-order valence-corrected chi connectivity index (χ4v) is 3.54. The van der Waals surface area contributed by atoms with Gasteiger partial charge >= 0.3 is 6.03 Å². The standard InChI is InChI=1S/C20H23N7O/c1-14-11-16-17(6-2-7-18(16)26-25-14)24-20(28)23-12-15-5-3-10-27(13-15)19-21-8-4-9-22-19/h2,4,6-9,11,15H,3,5,10,12-13H2,1H3,(H2,23,24,28)/t15-/m1/s1. The molecule has 0 radical (unpaired) electrons. The first-order valence-corrected chi connectivity index (χ1v) is 9.49. The minimum Gasteiger partial charge on any atom is -0.340 e. The predicted molar refractivity (Wildman–Crippen MR) is 108 cm³/mol. The third kappa shape index (κ3) is 4.16. The van der Waals surface area contributed by atoms with Gasteiger partial charge in [-0.2, -0.15) is 10.2 Å². The monoisotopic (exact) mass is 377 g/mol. The lowest BCUT2D eigenvalue weighted by atomic mass is 9.98. The first-order chi connectivity index (χ1) is 13.7. The number of anilines is 2. The fourth-order valence-electron chi connectivity index (χ4n) is 3.54. The highest BCUT2D eigenvalue weighted by Gasteiger charge is 2.22. The average Bonchev–Trinajstić information content (AvgIpc) is 2.73. The molecule has 28 heavy (non-hydrogen) atoms. The van der Waals surface area contributed by atoms with Crippen molar-refractivity contribution in [3.05, 3.63) is 48.4 Å². The Balaban J connectivity index is 1.35. The highest BCUT2D eigenvalue weighted by Crippen LogP contribution is 2.22. The van der Waals surface area contributed by atoms with Crippen LogP contribution in [0.2, 0.25) is 0 Å². The maximum atomic E-state index is 12.4. The van der Waals surface area contributed by atoms with Crippen LogP contribution >= 0.6 is 0 Å². The van der Waals surface area contributed by atoms with Gasteiger partial charge in [0.25, 0.3) is 0 Å². The zero-order valence-electron chi connectivity index (χ0n) is 15.8. The molecular weight excluding hydrogens is 354 g/mol. The molecule has 0 saturated carbocycles. The number of rotatable bonds is 4. The van der Waals surface area contributed by atoms with Gasteiger partial charge in [-0.15, -0.1) is 0 Å². The van der Waals surface area contributed by atoms with Crippen molar-refractivity contribution in [2.24, 2.45) is 5.92 Å². The quantitative estimate of drug-likeness (QED) is 0.726. The second-order valence-electron chi connectivity index (χ2n) is 7.06. The largest absolute Gasteiger partial charge is 0.340 e. The summed E-state index contributed by atoms with van der Waals surface area (Å²) in [6.07, 6.45) is 5.65. The molecule has 3 aromatic rings. The molecular formula is C20H23N7O. The number of carbonyl (C=O) groups excluding carboxylic acids is 1. The summed E-state index contributed by atoms with van der Waals surface area (Å²) >= 11 is 0. The van der Waals surface area contributed by atoms with Gasteiger partial charge in [-0.25, -0.2) is 14.8 Å². The predicted octanol–water partition coefficient (Wildman–Crippen LogP) is 2.77. The van der Waals surface area contributed by atoms with E-state index in [1.807, 2.05) is 37.3 Å². The second kappa shape index (κ2) is 8.16. The first kappa shape index (κ1) is 18.1. The molecule has 1 fully saturated rings. The van der Waals surface area contributed by atoms with Gasteiger partial charge in [-0.05, 0) is 49.9 Å². The zero-order chi connectivity index (χ0) is 19.3. The number of amides is 2. The summed E-state index contributed by atoms with van der Waals surface area (Å²) in [5.74, 6) is 1.12. The van der Waals surface area contributed by atoms with Crippen LogP contribution in [0.4, 0.5) is 16.4 Å². The van der Waals surface area contributed by atoms with E-state index in [0.717, 1.165) is 54.2 Å². The van der Waals surface area contributed by atoms with Crippen LogP contribution in [0.1, 0.15) is 18.5 Å². The maximum Gasteiger partial charge on any atom is 0.319 e. The lowest BCUT2D eigenvalue weighted by Gasteiger charge is -2.32. The highest BCUT2D eigenvalue weighted by atomic mass is 16.2. The second-order valence-corrected chi connectivity index (χ2v) is 7.06. The molecule has 0 spiro atoms. The van der Waals surface area contributed by atoms with Crippen LogP contribution in [0, 0.1) is 12.8 Å².